The molecule has 0 spiro atoms. The number of carboxylic acids is 1. The third-order valence-electron chi connectivity index (χ3n) is 2.59. The summed E-state index contributed by atoms with van der Waals surface area (Å²) < 4.78 is 10.3. The van der Waals surface area contributed by atoms with Crippen LogP contribution in [0.15, 0.2) is 18.2 Å². The number of ether oxygens (including phenoxy) is 2. The van der Waals surface area contributed by atoms with E-state index in [0.29, 0.717) is 11.5 Å². The van der Waals surface area contributed by atoms with Crippen LogP contribution >= 0.6 is 0 Å². The highest BCUT2D eigenvalue weighted by Crippen LogP contribution is 2.31. The molecule has 6 heteroatoms. The fourth-order valence-corrected chi connectivity index (χ4v) is 1.57. The number of nitrogens with zero attached hydrogens (tertiary/aromatic N) is 1. The van der Waals surface area contributed by atoms with Gasteiger partial charge in [-0.2, -0.15) is 0 Å². The standard InChI is InChI=1S/C12H18N2O4/c1-14(7-9(13)12(15)16)10-6-8(17-2)4-5-11(10)18-3/h4-6,9H,7,13H2,1-3H3,(H,15,16). The first kappa shape index (κ1) is 14.1. The average molecular weight is 254 g/mol. The van der Waals surface area contributed by atoms with Crippen LogP contribution in [0, 0.1) is 0 Å². The molecule has 1 rings (SSSR count). The van der Waals surface area contributed by atoms with Gasteiger partial charge in [-0.05, 0) is 12.1 Å². The second-order valence-electron chi connectivity index (χ2n) is 3.86. The molecule has 0 aliphatic carbocycles. The Morgan fingerprint density at radius 1 is 1.44 bits per heavy atom. The number of hydrogen-bond donors (Lipinski definition) is 2. The molecule has 0 saturated carbocycles. The first-order chi connectivity index (χ1) is 8.49. The van der Waals surface area contributed by atoms with Crippen LogP contribution in [0.5, 0.6) is 11.5 Å². The van der Waals surface area contributed by atoms with Crippen molar-refractivity contribution >= 4 is 11.7 Å². The second-order valence-corrected chi connectivity index (χ2v) is 3.86. The molecule has 1 aromatic carbocycles. The fourth-order valence-electron chi connectivity index (χ4n) is 1.57. The van der Waals surface area contributed by atoms with Crippen LogP contribution in [0.2, 0.25) is 0 Å². The van der Waals surface area contributed by atoms with Gasteiger partial charge in [0.15, 0.2) is 0 Å². The summed E-state index contributed by atoms with van der Waals surface area (Å²) in [5.74, 6) is 0.265. The number of rotatable bonds is 6. The maximum Gasteiger partial charge on any atom is 0.322 e. The van der Waals surface area contributed by atoms with E-state index < -0.39 is 12.0 Å². The molecular formula is C12H18N2O4. The van der Waals surface area contributed by atoms with Crippen LogP contribution < -0.4 is 20.1 Å². The lowest BCUT2D eigenvalue weighted by Crippen LogP contribution is -2.41. The van der Waals surface area contributed by atoms with E-state index in [9.17, 15) is 4.79 Å². The Hall–Kier alpha value is -1.95. The lowest BCUT2D eigenvalue weighted by molar-refractivity contribution is -0.138. The number of nitrogens with two attached hydrogens (primary N) is 1. The van der Waals surface area contributed by atoms with E-state index in [1.165, 1.54) is 0 Å². The number of carboxylic acid groups (broad SMARTS) is 1. The Labute approximate surface area is 106 Å². The molecule has 18 heavy (non-hydrogen) atoms. The Morgan fingerprint density at radius 3 is 2.61 bits per heavy atom. The number of aliphatic carboxylic acids is 1. The molecule has 1 atom stereocenters. The van der Waals surface area contributed by atoms with E-state index >= 15 is 0 Å². The first-order valence-corrected chi connectivity index (χ1v) is 5.41. The molecule has 6 nitrogen and oxygen atoms in total. The third-order valence-corrected chi connectivity index (χ3v) is 2.59. The van der Waals surface area contributed by atoms with E-state index in [1.54, 1.807) is 44.4 Å². The van der Waals surface area contributed by atoms with Gasteiger partial charge in [-0.25, -0.2) is 0 Å². The van der Waals surface area contributed by atoms with Crippen LogP contribution in [-0.2, 0) is 4.79 Å². The predicted octanol–water partition coefficient (Wildman–Crippen LogP) is 0.552. The minimum absolute atomic E-state index is 0.179. The van der Waals surface area contributed by atoms with Crippen molar-refractivity contribution in [1.29, 1.82) is 0 Å². The lowest BCUT2D eigenvalue weighted by Gasteiger charge is -2.23. The van der Waals surface area contributed by atoms with Gasteiger partial charge >= 0.3 is 5.97 Å². The molecular weight excluding hydrogens is 236 g/mol. The minimum Gasteiger partial charge on any atom is -0.497 e. The van der Waals surface area contributed by atoms with Gasteiger partial charge in [0, 0.05) is 19.7 Å². The van der Waals surface area contributed by atoms with Gasteiger partial charge in [-0.3, -0.25) is 4.79 Å². The van der Waals surface area contributed by atoms with Crippen LogP contribution in [-0.4, -0.2) is 44.9 Å². The summed E-state index contributed by atoms with van der Waals surface area (Å²) in [6.07, 6.45) is 0. The van der Waals surface area contributed by atoms with Crippen LogP contribution in [0.1, 0.15) is 0 Å². The number of methoxy groups -OCH3 is 2. The summed E-state index contributed by atoms with van der Waals surface area (Å²) >= 11 is 0. The van der Waals surface area contributed by atoms with Gasteiger partial charge in [-0.1, -0.05) is 0 Å². The first-order valence-electron chi connectivity index (χ1n) is 5.41. The van der Waals surface area contributed by atoms with Crippen molar-refractivity contribution < 1.29 is 19.4 Å². The highest BCUT2D eigenvalue weighted by atomic mass is 16.5. The van der Waals surface area contributed by atoms with Gasteiger partial charge in [0.05, 0.1) is 19.9 Å². The number of benzene rings is 1. The molecule has 0 fully saturated rings. The van der Waals surface area contributed by atoms with Crippen LogP contribution in [0.3, 0.4) is 0 Å². The molecule has 0 saturated heterocycles. The predicted molar refractivity (Wildman–Crippen MR) is 68.4 cm³/mol. The SMILES string of the molecule is COc1ccc(OC)c(N(C)CC(N)C(=O)O)c1. The molecule has 3 N–H and O–H groups in total. The number of likely N-dealkylation sites (N-methyl/N-ethyl adjacent to an activating group) is 1. The summed E-state index contributed by atoms with van der Waals surface area (Å²) in [5, 5.41) is 8.80. The second kappa shape index (κ2) is 6.11. The van der Waals surface area contributed by atoms with E-state index in [0.717, 1.165) is 5.69 Å². The van der Waals surface area contributed by atoms with E-state index in [4.69, 9.17) is 20.3 Å². The molecule has 0 aliphatic rings. The summed E-state index contributed by atoms with van der Waals surface area (Å²) in [4.78, 5) is 12.5. The quantitative estimate of drug-likeness (QED) is 0.771. The Bertz CT molecular complexity index is 423. The van der Waals surface area contributed by atoms with Crippen molar-refractivity contribution in [1.82, 2.24) is 0 Å². The maximum atomic E-state index is 10.7. The topological polar surface area (TPSA) is 85.0 Å². The lowest BCUT2D eigenvalue weighted by atomic mass is 10.2. The molecule has 0 amide bonds. The molecule has 0 aliphatic heterocycles. The van der Waals surface area contributed by atoms with Crippen LogP contribution in [0.4, 0.5) is 5.69 Å². The smallest absolute Gasteiger partial charge is 0.322 e. The molecule has 1 aromatic rings. The average Bonchev–Trinajstić information content (AvgIpc) is 2.37. The summed E-state index contributed by atoms with van der Waals surface area (Å²) in [7, 11) is 4.87. The van der Waals surface area contributed by atoms with Gasteiger partial charge < -0.3 is 25.2 Å². The minimum atomic E-state index is -1.04. The summed E-state index contributed by atoms with van der Waals surface area (Å²) in [6.45, 7) is 0.179. The van der Waals surface area contributed by atoms with Gasteiger partial charge in [0.25, 0.3) is 0 Å². The Balaban J connectivity index is 2.95. The van der Waals surface area contributed by atoms with Crippen molar-refractivity contribution in [2.24, 2.45) is 5.73 Å². The van der Waals surface area contributed by atoms with Gasteiger partial charge in [0.1, 0.15) is 17.5 Å². The zero-order valence-corrected chi connectivity index (χ0v) is 10.7. The van der Waals surface area contributed by atoms with Crippen molar-refractivity contribution in [2.45, 2.75) is 6.04 Å². The number of carbonyl (C=O) groups is 1. The molecule has 100 valence electrons. The third kappa shape index (κ3) is 3.27. The Kier molecular flexibility index (Phi) is 4.79. The molecule has 1 unspecified atom stereocenters. The maximum absolute atomic E-state index is 10.7. The van der Waals surface area contributed by atoms with Gasteiger partial charge in [-0.15, -0.1) is 0 Å². The zero-order chi connectivity index (χ0) is 13.7. The van der Waals surface area contributed by atoms with Gasteiger partial charge in [0.2, 0.25) is 0 Å². The van der Waals surface area contributed by atoms with Crippen molar-refractivity contribution in [2.75, 3.05) is 32.7 Å². The highest BCUT2D eigenvalue weighted by Gasteiger charge is 2.17. The van der Waals surface area contributed by atoms with E-state index in [2.05, 4.69) is 0 Å². The molecule has 0 aromatic heterocycles. The summed E-state index contributed by atoms with van der Waals surface area (Å²) in [5.41, 5.74) is 6.23. The fraction of sp³-hybridized carbons (Fsp3) is 0.417. The number of anilines is 1. The largest absolute Gasteiger partial charge is 0.497 e. The normalized spacial score (nSPS) is 11.8. The van der Waals surface area contributed by atoms with Crippen LogP contribution in [0.25, 0.3) is 0 Å². The van der Waals surface area contributed by atoms with Crippen molar-refractivity contribution in [3.05, 3.63) is 18.2 Å². The van der Waals surface area contributed by atoms with Crippen molar-refractivity contribution in [3.8, 4) is 11.5 Å². The van der Waals surface area contributed by atoms with Crippen molar-refractivity contribution in [3.63, 3.8) is 0 Å². The number of hydrogen-bond acceptors (Lipinski definition) is 5. The zero-order valence-electron chi connectivity index (χ0n) is 10.7. The highest BCUT2D eigenvalue weighted by molar-refractivity contribution is 5.74. The van der Waals surface area contributed by atoms with E-state index in [-0.39, 0.29) is 6.54 Å². The Morgan fingerprint density at radius 2 is 2.11 bits per heavy atom. The monoisotopic (exact) mass is 254 g/mol. The molecule has 0 bridgehead atoms. The molecule has 0 heterocycles. The van der Waals surface area contributed by atoms with E-state index in [1.807, 2.05) is 0 Å². The summed E-state index contributed by atoms with van der Waals surface area (Å²) in [6, 6.07) is 4.35. The molecule has 0 radical (unpaired) electrons.